The van der Waals surface area contributed by atoms with Gasteiger partial charge in [0.25, 0.3) is 5.91 Å². The van der Waals surface area contributed by atoms with Crippen LogP contribution in [0.2, 0.25) is 0 Å². The van der Waals surface area contributed by atoms with Crippen LogP contribution >= 0.6 is 15.9 Å². The van der Waals surface area contributed by atoms with Gasteiger partial charge in [-0.2, -0.15) is 0 Å². The molecule has 0 saturated carbocycles. The molecule has 0 heterocycles. The fraction of sp³-hybridized carbons (Fsp3) is 0.350. The second-order valence-corrected chi connectivity index (χ2v) is 6.41. The van der Waals surface area contributed by atoms with Gasteiger partial charge >= 0.3 is 0 Å². The van der Waals surface area contributed by atoms with Crippen LogP contribution in [0.1, 0.15) is 35.3 Å². The molecule has 1 N–H and O–H groups in total. The van der Waals surface area contributed by atoms with E-state index in [1.165, 1.54) is 21.3 Å². The number of anilines is 1. The molecule has 0 bridgehead atoms. The van der Waals surface area contributed by atoms with Crippen LogP contribution in [0.15, 0.2) is 28.7 Å². The topological polar surface area (TPSA) is 56.8 Å². The molecule has 0 saturated heterocycles. The largest absolute Gasteiger partial charge is 0.493 e. The Kier molecular flexibility index (Phi) is 6.91. The fourth-order valence-electron chi connectivity index (χ4n) is 2.87. The third kappa shape index (κ3) is 3.80. The summed E-state index contributed by atoms with van der Waals surface area (Å²) in [5.74, 6) is 1.03. The van der Waals surface area contributed by atoms with Gasteiger partial charge in [0, 0.05) is 5.69 Å². The van der Waals surface area contributed by atoms with Gasteiger partial charge in [0.15, 0.2) is 11.5 Å². The van der Waals surface area contributed by atoms with E-state index >= 15 is 0 Å². The minimum Gasteiger partial charge on any atom is -0.493 e. The van der Waals surface area contributed by atoms with Gasteiger partial charge in [0.1, 0.15) is 0 Å². The van der Waals surface area contributed by atoms with E-state index in [2.05, 4.69) is 35.1 Å². The Balaban J connectivity index is 2.52. The van der Waals surface area contributed by atoms with Crippen molar-refractivity contribution in [2.24, 2.45) is 0 Å². The first kappa shape index (κ1) is 20.1. The average molecular weight is 422 g/mol. The van der Waals surface area contributed by atoms with Crippen LogP contribution in [0, 0.1) is 0 Å². The molecule has 2 aromatic rings. The molecule has 140 valence electrons. The lowest BCUT2D eigenvalue weighted by atomic mass is 10.0. The molecule has 6 heteroatoms. The van der Waals surface area contributed by atoms with Gasteiger partial charge in [-0.25, -0.2) is 0 Å². The van der Waals surface area contributed by atoms with E-state index in [4.69, 9.17) is 14.2 Å². The number of methoxy groups -OCH3 is 3. The number of carbonyl (C=O) groups excluding carboxylic acids is 1. The second kappa shape index (κ2) is 8.94. The number of para-hydroxylation sites is 1. The van der Waals surface area contributed by atoms with Gasteiger partial charge in [-0.3, -0.25) is 4.79 Å². The number of halogens is 1. The molecule has 0 aliphatic heterocycles. The molecule has 5 nitrogen and oxygen atoms in total. The monoisotopic (exact) mass is 421 g/mol. The number of rotatable bonds is 7. The van der Waals surface area contributed by atoms with Crippen molar-refractivity contribution in [3.8, 4) is 17.2 Å². The lowest BCUT2D eigenvalue weighted by Gasteiger charge is -2.18. The van der Waals surface area contributed by atoms with Crippen LogP contribution in [0.25, 0.3) is 0 Å². The van der Waals surface area contributed by atoms with Crippen molar-refractivity contribution in [1.82, 2.24) is 0 Å². The Hall–Kier alpha value is -2.21. The molecule has 26 heavy (non-hydrogen) atoms. The highest BCUT2D eigenvalue weighted by Gasteiger charge is 2.23. The quantitative estimate of drug-likeness (QED) is 0.693. The van der Waals surface area contributed by atoms with E-state index in [1.54, 1.807) is 6.07 Å². The Bertz CT molecular complexity index is 783. The maximum atomic E-state index is 13.0. The van der Waals surface area contributed by atoms with Crippen LogP contribution in [-0.4, -0.2) is 27.2 Å². The number of ether oxygens (including phenoxy) is 3. The van der Waals surface area contributed by atoms with Gasteiger partial charge in [-0.1, -0.05) is 32.0 Å². The third-order valence-electron chi connectivity index (χ3n) is 4.25. The lowest BCUT2D eigenvalue weighted by molar-refractivity contribution is 0.102. The van der Waals surface area contributed by atoms with Crippen molar-refractivity contribution < 1.29 is 19.0 Å². The van der Waals surface area contributed by atoms with E-state index in [0.717, 1.165) is 29.7 Å². The van der Waals surface area contributed by atoms with E-state index in [0.29, 0.717) is 27.3 Å². The Morgan fingerprint density at radius 1 is 1.00 bits per heavy atom. The van der Waals surface area contributed by atoms with E-state index in [1.807, 2.05) is 18.2 Å². The summed E-state index contributed by atoms with van der Waals surface area (Å²) >= 11 is 3.46. The highest BCUT2D eigenvalue weighted by atomic mass is 79.9. The summed E-state index contributed by atoms with van der Waals surface area (Å²) in [6.07, 6.45) is 1.67. The average Bonchev–Trinajstić information content (AvgIpc) is 2.67. The standard InChI is InChI=1S/C20H24BrNO4/c1-6-12-9-8-10-13(7-2)17(12)22-20(23)14-11-15(24-3)18(25-4)19(26-5)16(14)21/h8-11H,6-7H2,1-5H3,(H,22,23). The van der Waals surface area contributed by atoms with Crippen molar-refractivity contribution >= 4 is 27.5 Å². The Labute approximate surface area is 162 Å². The number of nitrogens with one attached hydrogen (secondary N) is 1. The molecular weight excluding hydrogens is 398 g/mol. The molecule has 0 spiro atoms. The SMILES string of the molecule is CCc1cccc(CC)c1NC(=O)c1cc(OC)c(OC)c(OC)c1Br. The third-order valence-corrected chi connectivity index (χ3v) is 5.04. The molecule has 0 aromatic heterocycles. The molecule has 2 rings (SSSR count). The maximum Gasteiger partial charge on any atom is 0.257 e. The van der Waals surface area contributed by atoms with Gasteiger partial charge in [0.2, 0.25) is 5.75 Å². The van der Waals surface area contributed by atoms with Crippen LogP contribution in [0.4, 0.5) is 5.69 Å². The normalized spacial score (nSPS) is 10.4. The van der Waals surface area contributed by atoms with E-state index < -0.39 is 0 Å². The molecule has 1 amide bonds. The molecule has 2 aromatic carbocycles. The number of hydrogen-bond donors (Lipinski definition) is 1. The predicted molar refractivity (Wildman–Crippen MR) is 107 cm³/mol. The van der Waals surface area contributed by atoms with Crippen LogP contribution in [-0.2, 0) is 12.8 Å². The first-order chi connectivity index (χ1) is 12.5. The van der Waals surface area contributed by atoms with Gasteiger partial charge in [-0.15, -0.1) is 0 Å². The highest BCUT2D eigenvalue weighted by Crippen LogP contribution is 2.45. The molecule has 0 unspecified atom stereocenters. The van der Waals surface area contributed by atoms with Crippen molar-refractivity contribution in [3.63, 3.8) is 0 Å². The zero-order chi connectivity index (χ0) is 19.3. The lowest BCUT2D eigenvalue weighted by Crippen LogP contribution is -2.16. The molecule has 0 fully saturated rings. The van der Waals surface area contributed by atoms with Crippen LogP contribution in [0.5, 0.6) is 17.2 Å². The summed E-state index contributed by atoms with van der Waals surface area (Å²) < 4.78 is 16.6. The summed E-state index contributed by atoms with van der Waals surface area (Å²) in [5, 5.41) is 3.06. The smallest absolute Gasteiger partial charge is 0.257 e. The molecular formula is C20H24BrNO4. The highest BCUT2D eigenvalue weighted by molar-refractivity contribution is 9.10. The predicted octanol–water partition coefficient (Wildman–Crippen LogP) is 4.85. The summed E-state index contributed by atoms with van der Waals surface area (Å²) in [7, 11) is 4.57. The summed E-state index contributed by atoms with van der Waals surface area (Å²) in [6.45, 7) is 4.14. The van der Waals surface area contributed by atoms with Crippen molar-refractivity contribution in [3.05, 3.63) is 45.4 Å². The van der Waals surface area contributed by atoms with Gasteiger partial charge in [0.05, 0.1) is 31.4 Å². The molecule has 0 radical (unpaired) electrons. The Morgan fingerprint density at radius 2 is 1.58 bits per heavy atom. The maximum absolute atomic E-state index is 13.0. The Morgan fingerprint density at radius 3 is 2.04 bits per heavy atom. The fourth-order valence-corrected chi connectivity index (χ4v) is 3.51. The van der Waals surface area contributed by atoms with Crippen LogP contribution in [0.3, 0.4) is 0 Å². The van der Waals surface area contributed by atoms with Crippen molar-refractivity contribution in [1.29, 1.82) is 0 Å². The molecule has 0 aliphatic rings. The van der Waals surface area contributed by atoms with Gasteiger partial charge < -0.3 is 19.5 Å². The van der Waals surface area contributed by atoms with E-state index in [9.17, 15) is 4.79 Å². The minimum absolute atomic E-state index is 0.244. The number of amides is 1. The first-order valence-electron chi connectivity index (χ1n) is 8.42. The molecule has 0 atom stereocenters. The summed E-state index contributed by atoms with van der Waals surface area (Å²) in [6, 6.07) is 7.71. The number of aryl methyl sites for hydroxylation is 2. The zero-order valence-electron chi connectivity index (χ0n) is 15.7. The second-order valence-electron chi connectivity index (χ2n) is 5.62. The minimum atomic E-state index is -0.244. The number of hydrogen-bond acceptors (Lipinski definition) is 4. The summed E-state index contributed by atoms with van der Waals surface area (Å²) in [4.78, 5) is 13.0. The zero-order valence-corrected chi connectivity index (χ0v) is 17.3. The van der Waals surface area contributed by atoms with E-state index in [-0.39, 0.29) is 5.91 Å². The number of benzene rings is 2. The van der Waals surface area contributed by atoms with Gasteiger partial charge in [-0.05, 0) is 46.0 Å². The van der Waals surface area contributed by atoms with Crippen LogP contribution < -0.4 is 19.5 Å². The molecule has 0 aliphatic carbocycles. The van der Waals surface area contributed by atoms with Crippen molar-refractivity contribution in [2.45, 2.75) is 26.7 Å². The first-order valence-corrected chi connectivity index (χ1v) is 9.22. The van der Waals surface area contributed by atoms with Crippen molar-refractivity contribution in [2.75, 3.05) is 26.6 Å². The summed E-state index contributed by atoms with van der Waals surface area (Å²) in [5.41, 5.74) is 3.47. The number of carbonyl (C=O) groups is 1.